The summed E-state index contributed by atoms with van der Waals surface area (Å²) in [6.45, 7) is 2.91. The van der Waals surface area contributed by atoms with Crippen molar-refractivity contribution in [3.8, 4) is 0 Å². The number of aromatic nitrogens is 3. The van der Waals surface area contributed by atoms with Crippen LogP contribution in [-0.2, 0) is 6.54 Å². The molecular formula is C15H16N4O2S. The quantitative estimate of drug-likeness (QED) is 0.605. The van der Waals surface area contributed by atoms with Gasteiger partial charge in [0.05, 0.1) is 17.0 Å². The molecule has 0 unspecified atom stereocenters. The van der Waals surface area contributed by atoms with Gasteiger partial charge in [0.25, 0.3) is 11.8 Å². The molecule has 2 amide bonds. The molecule has 1 aromatic carbocycles. The Morgan fingerprint density at radius 3 is 2.45 bits per heavy atom. The number of nitrogens with zero attached hydrogens (tertiary/aromatic N) is 4. The Labute approximate surface area is 132 Å². The number of carbonyl (C=O) groups is 2. The monoisotopic (exact) mass is 316 g/mol. The molecule has 0 saturated heterocycles. The molecule has 0 spiro atoms. The fourth-order valence-electron chi connectivity index (χ4n) is 2.31. The van der Waals surface area contributed by atoms with Gasteiger partial charge in [-0.25, -0.2) is 9.67 Å². The average Bonchev–Trinajstić information content (AvgIpc) is 3.08. The van der Waals surface area contributed by atoms with Gasteiger partial charge in [0.15, 0.2) is 5.16 Å². The molecule has 1 aromatic heterocycles. The maximum Gasteiger partial charge on any atom is 0.262 e. The van der Waals surface area contributed by atoms with Gasteiger partial charge < -0.3 is 0 Å². The van der Waals surface area contributed by atoms with Crippen molar-refractivity contribution in [1.29, 1.82) is 0 Å². The number of rotatable bonds is 6. The molecule has 0 bridgehead atoms. The van der Waals surface area contributed by atoms with Gasteiger partial charge >= 0.3 is 0 Å². The highest BCUT2D eigenvalue weighted by molar-refractivity contribution is 7.99. The van der Waals surface area contributed by atoms with Crippen molar-refractivity contribution in [2.24, 2.45) is 0 Å². The summed E-state index contributed by atoms with van der Waals surface area (Å²) in [6.07, 6.45) is 3.59. The van der Waals surface area contributed by atoms with Crippen molar-refractivity contribution < 1.29 is 9.59 Å². The molecule has 114 valence electrons. The molecule has 2 heterocycles. The van der Waals surface area contributed by atoms with E-state index in [0.717, 1.165) is 24.5 Å². The Bertz CT molecular complexity index is 678. The van der Waals surface area contributed by atoms with Crippen LogP contribution in [0.5, 0.6) is 0 Å². The maximum absolute atomic E-state index is 12.3. The first kappa shape index (κ1) is 14.8. The second-order valence-electron chi connectivity index (χ2n) is 4.98. The molecule has 6 nitrogen and oxygen atoms in total. The minimum absolute atomic E-state index is 0.243. The number of fused-ring (bicyclic) bond motifs is 1. The normalized spacial score (nSPS) is 13.8. The number of aryl methyl sites for hydroxylation is 1. The van der Waals surface area contributed by atoms with E-state index in [0.29, 0.717) is 11.1 Å². The lowest BCUT2D eigenvalue weighted by molar-refractivity contribution is 0.0684. The molecule has 1 aliphatic heterocycles. The number of carbonyl (C=O) groups excluding carboxylic acids is 2. The van der Waals surface area contributed by atoms with E-state index in [-0.39, 0.29) is 17.7 Å². The van der Waals surface area contributed by atoms with Crippen LogP contribution in [0, 0.1) is 0 Å². The topological polar surface area (TPSA) is 68.1 Å². The van der Waals surface area contributed by atoms with Crippen LogP contribution in [-0.4, -0.2) is 37.4 Å². The Morgan fingerprint density at radius 2 is 1.82 bits per heavy atom. The zero-order valence-electron chi connectivity index (χ0n) is 12.2. The third-order valence-electron chi connectivity index (χ3n) is 3.50. The number of unbranched alkanes of at least 4 members (excludes halogenated alkanes) is 1. The minimum Gasteiger partial charge on any atom is -0.269 e. The van der Waals surface area contributed by atoms with Crippen LogP contribution in [0.1, 0.15) is 40.5 Å². The molecule has 22 heavy (non-hydrogen) atoms. The van der Waals surface area contributed by atoms with E-state index in [1.54, 1.807) is 24.3 Å². The van der Waals surface area contributed by atoms with E-state index in [1.165, 1.54) is 23.0 Å². The van der Waals surface area contributed by atoms with Crippen LogP contribution in [0.15, 0.2) is 35.7 Å². The van der Waals surface area contributed by atoms with E-state index in [9.17, 15) is 9.59 Å². The molecule has 0 saturated carbocycles. The van der Waals surface area contributed by atoms with Gasteiger partial charge in [0.2, 0.25) is 0 Å². The van der Waals surface area contributed by atoms with Gasteiger partial charge in [-0.2, -0.15) is 5.10 Å². The van der Waals surface area contributed by atoms with Gasteiger partial charge in [0.1, 0.15) is 6.33 Å². The predicted octanol–water partition coefficient (Wildman–Crippen LogP) is 2.42. The average molecular weight is 316 g/mol. The van der Waals surface area contributed by atoms with E-state index < -0.39 is 0 Å². The summed E-state index contributed by atoms with van der Waals surface area (Å²) in [4.78, 5) is 30.0. The summed E-state index contributed by atoms with van der Waals surface area (Å²) in [5.74, 6) is -0.239. The first-order valence-corrected chi connectivity index (χ1v) is 8.16. The van der Waals surface area contributed by atoms with Crippen LogP contribution in [0.25, 0.3) is 0 Å². The first-order valence-electron chi connectivity index (χ1n) is 7.18. The van der Waals surface area contributed by atoms with Crippen molar-refractivity contribution in [2.45, 2.75) is 31.5 Å². The molecule has 0 aliphatic carbocycles. The Balaban J connectivity index is 1.70. The number of imide groups is 1. The standard InChI is InChI=1S/C15H16N4O2S/c1-2-3-8-19-15(16-9-17-19)22-10-18-13(20)11-6-4-5-7-12(11)14(18)21/h4-7,9H,2-3,8,10H2,1H3. The molecule has 0 fully saturated rings. The third kappa shape index (κ3) is 2.64. The molecule has 0 N–H and O–H groups in total. The van der Waals surface area contributed by atoms with Crippen LogP contribution < -0.4 is 0 Å². The summed E-state index contributed by atoms with van der Waals surface area (Å²) in [5.41, 5.74) is 0.945. The second-order valence-corrected chi connectivity index (χ2v) is 5.89. The lowest BCUT2D eigenvalue weighted by Gasteiger charge is -2.13. The van der Waals surface area contributed by atoms with Crippen molar-refractivity contribution in [2.75, 3.05) is 5.88 Å². The van der Waals surface area contributed by atoms with E-state index in [2.05, 4.69) is 17.0 Å². The second kappa shape index (κ2) is 6.31. The Kier molecular flexibility index (Phi) is 4.24. The molecule has 0 radical (unpaired) electrons. The summed E-state index contributed by atoms with van der Waals surface area (Å²) in [6, 6.07) is 6.90. The van der Waals surface area contributed by atoms with Gasteiger partial charge in [-0.05, 0) is 18.6 Å². The number of amides is 2. The molecule has 0 atom stereocenters. The first-order chi connectivity index (χ1) is 10.7. The summed E-state index contributed by atoms with van der Waals surface area (Å²) in [5, 5.41) is 4.90. The van der Waals surface area contributed by atoms with E-state index in [1.807, 2.05) is 4.68 Å². The van der Waals surface area contributed by atoms with Gasteiger partial charge in [0, 0.05) is 6.54 Å². The highest BCUT2D eigenvalue weighted by Gasteiger charge is 2.35. The summed E-state index contributed by atoms with van der Waals surface area (Å²) >= 11 is 1.35. The number of benzene rings is 1. The van der Waals surface area contributed by atoms with Crippen LogP contribution in [0.3, 0.4) is 0 Å². The van der Waals surface area contributed by atoms with Crippen LogP contribution in [0.4, 0.5) is 0 Å². The fraction of sp³-hybridized carbons (Fsp3) is 0.333. The van der Waals surface area contributed by atoms with E-state index in [4.69, 9.17) is 0 Å². The maximum atomic E-state index is 12.3. The number of thioether (sulfide) groups is 1. The van der Waals surface area contributed by atoms with Gasteiger partial charge in [-0.3, -0.25) is 14.5 Å². The van der Waals surface area contributed by atoms with Crippen molar-refractivity contribution in [1.82, 2.24) is 19.7 Å². The SMILES string of the molecule is CCCCn1ncnc1SCN1C(=O)c2ccccc2C1=O. The van der Waals surface area contributed by atoms with Gasteiger partial charge in [-0.15, -0.1) is 0 Å². The smallest absolute Gasteiger partial charge is 0.262 e. The number of hydrogen-bond donors (Lipinski definition) is 0. The Hall–Kier alpha value is -2.15. The van der Waals surface area contributed by atoms with Crippen molar-refractivity contribution in [3.63, 3.8) is 0 Å². The third-order valence-corrected chi connectivity index (χ3v) is 4.47. The van der Waals surface area contributed by atoms with Crippen molar-refractivity contribution in [3.05, 3.63) is 41.7 Å². The lowest BCUT2D eigenvalue weighted by Crippen LogP contribution is -2.29. The van der Waals surface area contributed by atoms with Crippen LogP contribution >= 0.6 is 11.8 Å². The largest absolute Gasteiger partial charge is 0.269 e. The fourth-order valence-corrected chi connectivity index (χ4v) is 3.19. The minimum atomic E-state index is -0.243. The van der Waals surface area contributed by atoms with Gasteiger partial charge in [-0.1, -0.05) is 37.2 Å². The highest BCUT2D eigenvalue weighted by Crippen LogP contribution is 2.26. The van der Waals surface area contributed by atoms with Crippen molar-refractivity contribution >= 4 is 23.6 Å². The number of hydrogen-bond acceptors (Lipinski definition) is 5. The summed E-state index contributed by atoms with van der Waals surface area (Å²) < 4.78 is 1.81. The predicted molar refractivity (Wildman–Crippen MR) is 82.6 cm³/mol. The van der Waals surface area contributed by atoms with Crippen LogP contribution in [0.2, 0.25) is 0 Å². The summed E-state index contributed by atoms with van der Waals surface area (Å²) in [7, 11) is 0. The molecule has 2 aromatic rings. The molecule has 1 aliphatic rings. The molecule has 7 heteroatoms. The molecular weight excluding hydrogens is 300 g/mol. The zero-order valence-corrected chi connectivity index (χ0v) is 13.0. The van der Waals surface area contributed by atoms with E-state index >= 15 is 0 Å². The molecule has 3 rings (SSSR count). The zero-order chi connectivity index (χ0) is 15.5. The Morgan fingerprint density at radius 1 is 1.14 bits per heavy atom. The lowest BCUT2D eigenvalue weighted by atomic mass is 10.1. The highest BCUT2D eigenvalue weighted by atomic mass is 32.2.